The highest BCUT2D eigenvalue weighted by atomic mass is 35.5. The maximum atomic E-state index is 5.70. The van der Waals surface area contributed by atoms with Gasteiger partial charge in [-0.25, -0.2) is 0 Å². The van der Waals surface area contributed by atoms with Gasteiger partial charge in [0, 0.05) is 5.02 Å². The summed E-state index contributed by atoms with van der Waals surface area (Å²) in [5.41, 5.74) is 1.23. The van der Waals surface area contributed by atoms with E-state index in [0.717, 1.165) is 5.02 Å². The van der Waals surface area contributed by atoms with Crippen molar-refractivity contribution in [2.24, 2.45) is 0 Å². The van der Waals surface area contributed by atoms with Gasteiger partial charge in [0.1, 0.15) is 0 Å². The van der Waals surface area contributed by atoms with E-state index < -0.39 is 0 Å². The molecule has 0 amide bonds. The van der Waals surface area contributed by atoms with Crippen molar-refractivity contribution in [2.75, 3.05) is 0 Å². The van der Waals surface area contributed by atoms with Crippen LogP contribution in [0.2, 0.25) is 5.02 Å². The van der Waals surface area contributed by atoms with Crippen molar-refractivity contribution in [3.05, 3.63) is 41.8 Å². The summed E-state index contributed by atoms with van der Waals surface area (Å²) in [7, 11) is 0. The van der Waals surface area contributed by atoms with Crippen LogP contribution in [0.3, 0.4) is 0 Å². The van der Waals surface area contributed by atoms with Crippen molar-refractivity contribution in [3.63, 3.8) is 0 Å². The van der Waals surface area contributed by atoms with Gasteiger partial charge in [0.2, 0.25) is 0 Å². The van der Waals surface area contributed by atoms with Gasteiger partial charge in [0.05, 0.1) is 0 Å². The van der Waals surface area contributed by atoms with E-state index in [1.165, 1.54) is 5.56 Å². The molecule has 11 heavy (non-hydrogen) atoms. The summed E-state index contributed by atoms with van der Waals surface area (Å²) < 4.78 is 0. The van der Waals surface area contributed by atoms with Crippen molar-refractivity contribution in [1.29, 1.82) is 0 Å². The topological polar surface area (TPSA) is 0 Å². The lowest BCUT2D eigenvalue weighted by Crippen LogP contribution is -1.84. The molecule has 1 unspecified atom stereocenters. The number of benzene rings is 1. The lowest BCUT2D eigenvalue weighted by molar-refractivity contribution is 0.964. The SMILES string of the molecule is [AlH3].[CH2]C(C)c1ccc(Cl)cc1. The van der Waals surface area contributed by atoms with Crippen LogP contribution >= 0.6 is 11.6 Å². The molecular weight excluding hydrogens is 171 g/mol. The van der Waals surface area contributed by atoms with E-state index >= 15 is 0 Å². The fourth-order valence-electron chi connectivity index (χ4n) is 0.791. The fraction of sp³-hybridized carbons (Fsp3) is 0.222. The molecule has 0 fully saturated rings. The molecule has 0 bridgehead atoms. The lowest BCUT2D eigenvalue weighted by atomic mass is 10.0. The van der Waals surface area contributed by atoms with Gasteiger partial charge in [0.15, 0.2) is 17.4 Å². The molecule has 1 aromatic rings. The van der Waals surface area contributed by atoms with Gasteiger partial charge in [0.25, 0.3) is 0 Å². The van der Waals surface area contributed by atoms with E-state index in [0.29, 0.717) is 5.92 Å². The van der Waals surface area contributed by atoms with Gasteiger partial charge in [-0.15, -0.1) is 0 Å². The molecule has 0 spiro atoms. The van der Waals surface area contributed by atoms with Crippen molar-refractivity contribution in [3.8, 4) is 0 Å². The maximum absolute atomic E-state index is 5.70. The molecule has 0 saturated carbocycles. The van der Waals surface area contributed by atoms with Crippen molar-refractivity contribution >= 4 is 29.0 Å². The van der Waals surface area contributed by atoms with Crippen LogP contribution in [0.1, 0.15) is 18.4 Å². The van der Waals surface area contributed by atoms with Crippen LogP contribution < -0.4 is 0 Å². The summed E-state index contributed by atoms with van der Waals surface area (Å²) in [5, 5.41) is 0.782. The highest BCUT2D eigenvalue weighted by Gasteiger charge is 1.96. The van der Waals surface area contributed by atoms with Crippen LogP contribution in [0.4, 0.5) is 0 Å². The Bertz CT molecular complexity index is 203. The summed E-state index contributed by atoms with van der Waals surface area (Å²) in [6.07, 6.45) is 0. The molecule has 0 aliphatic carbocycles. The third-order valence-corrected chi connectivity index (χ3v) is 1.69. The average molecular weight is 184 g/mol. The fourth-order valence-corrected chi connectivity index (χ4v) is 0.917. The summed E-state index contributed by atoms with van der Waals surface area (Å²) in [6, 6.07) is 7.77. The summed E-state index contributed by atoms with van der Waals surface area (Å²) >= 11 is 5.70. The zero-order valence-electron chi connectivity index (χ0n) is 5.97. The van der Waals surface area contributed by atoms with Crippen LogP contribution in [0.25, 0.3) is 0 Å². The first-order valence-electron chi connectivity index (χ1n) is 3.28. The van der Waals surface area contributed by atoms with E-state index in [1.54, 1.807) is 0 Å². The minimum absolute atomic E-state index is 0. The average Bonchev–Trinajstić information content (AvgIpc) is 1.88. The number of halogens is 1. The molecule has 0 saturated heterocycles. The Kier molecular flexibility index (Phi) is 4.85. The molecule has 1 atom stereocenters. The molecule has 0 aliphatic rings. The van der Waals surface area contributed by atoms with Crippen LogP contribution in [-0.2, 0) is 0 Å². The minimum atomic E-state index is 0. The summed E-state index contributed by atoms with van der Waals surface area (Å²) in [5.74, 6) is 0.345. The first-order valence-corrected chi connectivity index (χ1v) is 3.66. The predicted octanol–water partition coefficient (Wildman–Crippen LogP) is 2.09. The molecule has 1 radical (unpaired) electrons. The third kappa shape index (κ3) is 3.29. The van der Waals surface area contributed by atoms with E-state index in [2.05, 4.69) is 13.8 Å². The first-order chi connectivity index (χ1) is 4.70. The van der Waals surface area contributed by atoms with Gasteiger partial charge in [-0.1, -0.05) is 30.7 Å². The molecule has 1 rings (SSSR count). The Morgan fingerprint density at radius 1 is 1.27 bits per heavy atom. The van der Waals surface area contributed by atoms with Crippen LogP contribution in [0, 0.1) is 6.92 Å². The Balaban J connectivity index is 0.000001000. The Hall–Kier alpha value is 0.0425. The monoisotopic (exact) mass is 183 g/mol. The minimum Gasteiger partial charge on any atom is -0.0843 e. The Labute approximate surface area is 83.7 Å². The molecule has 2 heteroatoms. The molecule has 0 N–H and O–H groups in total. The largest absolute Gasteiger partial charge is 0.187 e. The van der Waals surface area contributed by atoms with Crippen molar-refractivity contribution < 1.29 is 0 Å². The van der Waals surface area contributed by atoms with Crippen LogP contribution in [0.15, 0.2) is 24.3 Å². The second-order valence-corrected chi connectivity index (χ2v) is 2.89. The van der Waals surface area contributed by atoms with Crippen LogP contribution in [0.5, 0.6) is 0 Å². The molecule has 0 aliphatic heterocycles. The molecule has 59 valence electrons. The van der Waals surface area contributed by atoms with Gasteiger partial charge in [-0.3, -0.25) is 0 Å². The first kappa shape index (κ1) is 11.0. The van der Waals surface area contributed by atoms with Gasteiger partial charge in [-0.05, 0) is 30.5 Å². The normalized spacial score (nSPS) is 9.45. The quantitative estimate of drug-likeness (QED) is 0.585. The van der Waals surface area contributed by atoms with Gasteiger partial charge < -0.3 is 0 Å². The smallest absolute Gasteiger partial charge is 0.0843 e. The Morgan fingerprint density at radius 2 is 1.73 bits per heavy atom. The summed E-state index contributed by atoms with van der Waals surface area (Å²) in [6.45, 7) is 5.95. The van der Waals surface area contributed by atoms with E-state index in [-0.39, 0.29) is 17.4 Å². The molecule has 0 aromatic heterocycles. The zero-order chi connectivity index (χ0) is 7.56. The van der Waals surface area contributed by atoms with Crippen molar-refractivity contribution in [2.45, 2.75) is 12.8 Å². The van der Waals surface area contributed by atoms with E-state index in [1.807, 2.05) is 24.3 Å². The maximum Gasteiger partial charge on any atom is 0.187 e. The van der Waals surface area contributed by atoms with Crippen LogP contribution in [-0.4, -0.2) is 17.4 Å². The molecule has 0 nitrogen and oxygen atoms in total. The van der Waals surface area contributed by atoms with E-state index in [4.69, 9.17) is 11.6 Å². The number of rotatable bonds is 1. The number of hydrogen-bond acceptors (Lipinski definition) is 0. The highest BCUT2D eigenvalue weighted by molar-refractivity contribution is 6.30. The second-order valence-electron chi connectivity index (χ2n) is 2.45. The van der Waals surface area contributed by atoms with Gasteiger partial charge in [-0.2, -0.15) is 0 Å². The Morgan fingerprint density at radius 3 is 2.09 bits per heavy atom. The number of hydrogen-bond donors (Lipinski definition) is 0. The standard InChI is InChI=1S/C9H10Cl.Al.3H/c1-7(2)8-3-5-9(10)6-4-8;;;;/h3-7H,1H2,2H3;;;;. The van der Waals surface area contributed by atoms with E-state index in [9.17, 15) is 0 Å². The molecule has 1 aromatic carbocycles. The third-order valence-electron chi connectivity index (χ3n) is 1.44. The summed E-state index contributed by atoms with van der Waals surface area (Å²) in [4.78, 5) is 0. The molecule has 0 heterocycles. The highest BCUT2D eigenvalue weighted by Crippen LogP contribution is 2.16. The van der Waals surface area contributed by atoms with Crippen molar-refractivity contribution in [1.82, 2.24) is 0 Å². The zero-order valence-corrected chi connectivity index (χ0v) is 6.73. The van der Waals surface area contributed by atoms with Gasteiger partial charge >= 0.3 is 0 Å². The predicted molar refractivity (Wildman–Crippen MR) is 55.2 cm³/mol. The lowest BCUT2D eigenvalue weighted by Gasteiger charge is -2.02. The molecular formula is C9H13AlCl. The second kappa shape index (κ2) is 4.83.